The predicted molar refractivity (Wildman–Crippen MR) is 151 cm³/mol. The molecule has 1 aliphatic carbocycles. The second-order valence-corrected chi connectivity index (χ2v) is 12.3. The maximum Gasteiger partial charge on any atom is 0.271 e. The Bertz CT molecular complexity index is 1840. The van der Waals surface area contributed by atoms with Gasteiger partial charge in [0.05, 0.1) is 16.3 Å². The van der Waals surface area contributed by atoms with Crippen molar-refractivity contribution in [3.8, 4) is 0 Å². The van der Waals surface area contributed by atoms with E-state index in [0.29, 0.717) is 15.3 Å². The summed E-state index contributed by atoms with van der Waals surface area (Å²) in [7, 11) is 0. The summed E-state index contributed by atoms with van der Waals surface area (Å²) in [5, 5.41) is 3.53. The van der Waals surface area contributed by atoms with Crippen LogP contribution in [0.25, 0.3) is 11.8 Å². The Kier molecular flexibility index (Phi) is 5.81. The van der Waals surface area contributed by atoms with E-state index >= 15 is 0 Å². The summed E-state index contributed by atoms with van der Waals surface area (Å²) in [6.45, 7) is 0. The van der Waals surface area contributed by atoms with E-state index in [0.717, 1.165) is 38.2 Å². The summed E-state index contributed by atoms with van der Waals surface area (Å²) in [5.41, 5.74) is 4.71. The Morgan fingerprint density at radius 1 is 1.03 bits per heavy atom. The summed E-state index contributed by atoms with van der Waals surface area (Å²) in [6.07, 6.45) is 3.68. The number of halogens is 1. The first kappa shape index (κ1) is 23.0. The number of thiazole rings is 1. The highest BCUT2D eigenvalue weighted by Crippen LogP contribution is 2.42. The van der Waals surface area contributed by atoms with Crippen LogP contribution in [-0.4, -0.2) is 4.57 Å². The molecule has 2 aliphatic rings. The van der Waals surface area contributed by atoms with Crippen molar-refractivity contribution in [1.29, 1.82) is 0 Å². The Morgan fingerprint density at radius 3 is 2.73 bits per heavy atom. The number of aryl methyl sites for hydroxylation is 1. The summed E-state index contributed by atoms with van der Waals surface area (Å²) in [6, 6.07) is 24.0. The van der Waals surface area contributed by atoms with Crippen LogP contribution in [0.5, 0.6) is 0 Å². The third-order valence-corrected chi connectivity index (χ3v) is 9.68. The topological polar surface area (TPSA) is 47.5 Å². The van der Waals surface area contributed by atoms with E-state index in [1.165, 1.54) is 39.8 Å². The number of benzene rings is 2. The number of aromatic nitrogens is 1. The second-order valence-electron chi connectivity index (χ2n) is 8.84. The minimum atomic E-state index is -0.130. The largest absolute Gasteiger partial charge is 0.450 e. The summed E-state index contributed by atoms with van der Waals surface area (Å²) in [5.74, 6) is 0.642. The van der Waals surface area contributed by atoms with E-state index in [-0.39, 0.29) is 11.6 Å². The van der Waals surface area contributed by atoms with Crippen molar-refractivity contribution in [3.63, 3.8) is 0 Å². The van der Waals surface area contributed by atoms with Gasteiger partial charge in [-0.15, -0.1) is 11.3 Å². The molecule has 0 N–H and O–H groups in total. The SMILES string of the molecule is O=c1c(=Cc2ccc(Sc3ccc(Cl)cc3)o2)sc2n1[C@@H](c1cccs1)C1=C(N=2)c2ccccc2CC1. The van der Waals surface area contributed by atoms with Crippen LogP contribution >= 0.6 is 46.0 Å². The highest BCUT2D eigenvalue weighted by Gasteiger charge is 2.33. The maximum atomic E-state index is 13.8. The smallest absolute Gasteiger partial charge is 0.271 e. The molecule has 0 bridgehead atoms. The summed E-state index contributed by atoms with van der Waals surface area (Å²) >= 11 is 10.6. The number of rotatable bonds is 4. The summed E-state index contributed by atoms with van der Waals surface area (Å²) in [4.78, 5) is 21.8. The lowest BCUT2D eigenvalue weighted by Crippen LogP contribution is -2.38. The average Bonchev–Trinajstić information content (AvgIpc) is 3.66. The van der Waals surface area contributed by atoms with Crippen LogP contribution in [0.3, 0.4) is 0 Å². The van der Waals surface area contributed by atoms with Gasteiger partial charge in [0.15, 0.2) is 9.89 Å². The molecule has 2 aromatic carbocycles. The van der Waals surface area contributed by atoms with Gasteiger partial charge in [0.25, 0.3) is 5.56 Å². The lowest BCUT2D eigenvalue weighted by atomic mass is 9.85. The molecule has 4 nitrogen and oxygen atoms in total. The zero-order chi connectivity index (χ0) is 24.9. The van der Waals surface area contributed by atoms with Gasteiger partial charge >= 0.3 is 0 Å². The van der Waals surface area contributed by atoms with Crippen LogP contribution in [0.1, 0.15) is 34.2 Å². The van der Waals surface area contributed by atoms with E-state index in [1.54, 1.807) is 11.3 Å². The molecule has 0 amide bonds. The minimum Gasteiger partial charge on any atom is -0.450 e. The molecule has 3 aromatic heterocycles. The van der Waals surface area contributed by atoms with E-state index in [1.807, 2.05) is 47.0 Å². The van der Waals surface area contributed by atoms with Crippen molar-refractivity contribution < 1.29 is 4.42 Å². The van der Waals surface area contributed by atoms with E-state index in [4.69, 9.17) is 21.0 Å². The molecule has 0 unspecified atom stereocenters. The molecule has 7 rings (SSSR count). The Balaban J connectivity index is 1.33. The van der Waals surface area contributed by atoms with Crippen molar-refractivity contribution in [3.05, 3.63) is 130 Å². The van der Waals surface area contributed by atoms with Gasteiger partial charge in [0, 0.05) is 26.4 Å². The molecule has 5 aromatic rings. The van der Waals surface area contributed by atoms with Gasteiger partial charge in [-0.05, 0) is 71.8 Å². The van der Waals surface area contributed by atoms with E-state index in [2.05, 4.69) is 41.8 Å². The van der Waals surface area contributed by atoms with Gasteiger partial charge in [0.1, 0.15) is 5.76 Å². The van der Waals surface area contributed by atoms with Crippen LogP contribution in [0.2, 0.25) is 5.02 Å². The summed E-state index contributed by atoms with van der Waals surface area (Å²) < 4.78 is 8.54. The molecular weight excluding hydrogens is 540 g/mol. The van der Waals surface area contributed by atoms with Crippen LogP contribution in [0.4, 0.5) is 0 Å². The van der Waals surface area contributed by atoms with Crippen molar-refractivity contribution in [1.82, 2.24) is 4.57 Å². The van der Waals surface area contributed by atoms with E-state index < -0.39 is 0 Å². The van der Waals surface area contributed by atoms with Crippen molar-refractivity contribution in [2.45, 2.75) is 28.9 Å². The minimum absolute atomic E-state index is 0.0316. The highest BCUT2D eigenvalue weighted by molar-refractivity contribution is 7.99. The fourth-order valence-electron chi connectivity index (χ4n) is 4.93. The number of thiophene rings is 1. The molecule has 0 saturated carbocycles. The normalized spacial score (nSPS) is 16.8. The van der Waals surface area contributed by atoms with Gasteiger partial charge in [-0.2, -0.15) is 0 Å². The number of nitrogens with zero attached hydrogens (tertiary/aromatic N) is 2. The average molecular weight is 559 g/mol. The van der Waals surface area contributed by atoms with Crippen LogP contribution in [0, 0.1) is 0 Å². The third-order valence-electron chi connectivity index (χ3n) is 6.59. The van der Waals surface area contributed by atoms with Crippen molar-refractivity contribution >= 4 is 57.8 Å². The molecule has 0 radical (unpaired) electrons. The van der Waals surface area contributed by atoms with Gasteiger partial charge in [-0.1, -0.05) is 65.0 Å². The first-order valence-corrected chi connectivity index (χ1v) is 14.7. The Labute approximate surface area is 229 Å². The number of allylic oxidation sites excluding steroid dienone is 1. The molecule has 1 aliphatic heterocycles. The first-order chi connectivity index (χ1) is 18.1. The number of furan rings is 1. The third kappa shape index (κ3) is 4.16. The van der Waals surface area contributed by atoms with Gasteiger partial charge in [0.2, 0.25) is 0 Å². The lowest BCUT2D eigenvalue weighted by Gasteiger charge is -2.30. The van der Waals surface area contributed by atoms with Crippen LogP contribution < -0.4 is 14.9 Å². The standard InChI is InChI=1S/C29H19ClN2O2S3/c30-18-8-11-20(12-9-18)36-25-14-10-19(34-25)16-24-28(33)32-27(23-6-3-15-35-23)22-13-7-17-4-1-2-5-21(17)26(22)31-29(32)37-24/h1-6,8-12,14-16,27H,7,13H2/t27-/m1/s1. The molecule has 8 heteroatoms. The molecular formula is C29H19ClN2O2S3. The molecule has 0 spiro atoms. The Morgan fingerprint density at radius 2 is 1.89 bits per heavy atom. The van der Waals surface area contributed by atoms with Gasteiger partial charge in [-0.25, -0.2) is 4.99 Å². The lowest BCUT2D eigenvalue weighted by molar-refractivity contribution is 0.466. The molecule has 0 fully saturated rings. The number of hydrogen-bond donors (Lipinski definition) is 0. The fourth-order valence-corrected chi connectivity index (χ4v) is 7.67. The number of fused-ring (bicyclic) bond motifs is 3. The first-order valence-electron chi connectivity index (χ1n) is 11.8. The number of hydrogen-bond acceptors (Lipinski definition) is 6. The molecule has 1 atom stereocenters. The molecule has 182 valence electrons. The molecule has 0 saturated heterocycles. The highest BCUT2D eigenvalue weighted by atomic mass is 35.5. The second kappa shape index (κ2) is 9.33. The molecule has 4 heterocycles. The van der Waals surface area contributed by atoms with Gasteiger partial charge < -0.3 is 4.42 Å². The van der Waals surface area contributed by atoms with Gasteiger partial charge in [-0.3, -0.25) is 9.36 Å². The predicted octanol–water partition coefficient (Wildman–Crippen LogP) is 6.78. The zero-order valence-electron chi connectivity index (χ0n) is 19.4. The van der Waals surface area contributed by atoms with E-state index in [9.17, 15) is 4.79 Å². The fraction of sp³-hybridized carbons (Fsp3) is 0.103. The zero-order valence-corrected chi connectivity index (χ0v) is 22.6. The monoisotopic (exact) mass is 558 g/mol. The van der Waals surface area contributed by atoms with Crippen molar-refractivity contribution in [2.75, 3.05) is 0 Å². The van der Waals surface area contributed by atoms with Crippen molar-refractivity contribution in [2.24, 2.45) is 4.99 Å². The molecule has 37 heavy (non-hydrogen) atoms. The quantitative estimate of drug-likeness (QED) is 0.244. The van der Waals surface area contributed by atoms with Crippen LogP contribution in [0.15, 0.2) is 108 Å². The van der Waals surface area contributed by atoms with Crippen LogP contribution in [-0.2, 0) is 6.42 Å². The Hall–Kier alpha value is -3.10. The maximum absolute atomic E-state index is 13.8.